The molecule has 3 nitrogen and oxygen atoms in total. The Morgan fingerprint density at radius 3 is 2.71 bits per heavy atom. The van der Waals surface area contributed by atoms with Crippen molar-refractivity contribution in [1.29, 1.82) is 0 Å². The molecule has 1 fully saturated rings. The summed E-state index contributed by atoms with van der Waals surface area (Å²) in [7, 11) is 1.65. The third-order valence-electron chi connectivity index (χ3n) is 2.25. The Kier molecular flexibility index (Phi) is 2.89. The fraction of sp³-hybridized carbons (Fsp3) is 0.455. The summed E-state index contributed by atoms with van der Waals surface area (Å²) >= 11 is 0. The summed E-state index contributed by atoms with van der Waals surface area (Å²) in [6.45, 7) is 1.47. The molecule has 1 saturated heterocycles. The molecule has 1 aromatic carbocycles. The average molecular weight is 194 g/mol. The zero-order valence-corrected chi connectivity index (χ0v) is 8.23. The first-order valence-electron chi connectivity index (χ1n) is 4.77. The minimum absolute atomic E-state index is 0.172. The minimum Gasteiger partial charge on any atom is -0.493 e. The van der Waals surface area contributed by atoms with E-state index in [1.165, 1.54) is 0 Å². The van der Waals surface area contributed by atoms with E-state index in [2.05, 4.69) is 0 Å². The molecule has 76 valence electrons. The van der Waals surface area contributed by atoms with Gasteiger partial charge in [-0.15, -0.1) is 0 Å². The molecule has 0 radical (unpaired) electrons. The number of benzene rings is 1. The van der Waals surface area contributed by atoms with E-state index in [4.69, 9.17) is 14.2 Å². The van der Waals surface area contributed by atoms with Crippen LogP contribution in [0.3, 0.4) is 0 Å². The van der Waals surface area contributed by atoms with E-state index in [-0.39, 0.29) is 6.10 Å². The van der Waals surface area contributed by atoms with Crippen molar-refractivity contribution in [2.75, 3.05) is 20.3 Å². The normalized spacial score (nSPS) is 20.8. The van der Waals surface area contributed by atoms with Crippen LogP contribution in [0.5, 0.6) is 11.5 Å². The van der Waals surface area contributed by atoms with Crippen molar-refractivity contribution in [3.8, 4) is 11.5 Å². The van der Waals surface area contributed by atoms with E-state index < -0.39 is 0 Å². The monoisotopic (exact) mass is 194 g/mol. The molecule has 0 aromatic heterocycles. The van der Waals surface area contributed by atoms with Crippen LogP contribution in [0.15, 0.2) is 24.3 Å². The van der Waals surface area contributed by atoms with Crippen LogP contribution < -0.4 is 9.47 Å². The summed E-state index contributed by atoms with van der Waals surface area (Å²) in [4.78, 5) is 0. The molecule has 1 aliphatic rings. The minimum atomic E-state index is 0.172. The van der Waals surface area contributed by atoms with Gasteiger partial charge in [-0.3, -0.25) is 0 Å². The van der Waals surface area contributed by atoms with Gasteiger partial charge in [0.2, 0.25) is 0 Å². The molecule has 1 aliphatic heterocycles. The van der Waals surface area contributed by atoms with Crippen LogP contribution in [-0.4, -0.2) is 26.4 Å². The molecular weight excluding hydrogens is 180 g/mol. The van der Waals surface area contributed by atoms with Crippen molar-refractivity contribution in [2.24, 2.45) is 0 Å². The van der Waals surface area contributed by atoms with E-state index in [1.807, 2.05) is 24.3 Å². The summed E-state index contributed by atoms with van der Waals surface area (Å²) in [5.41, 5.74) is 0. The van der Waals surface area contributed by atoms with Gasteiger partial charge >= 0.3 is 0 Å². The van der Waals surface area contributed by atoms with Gasteiger partial charge in [0.25, 0.3) is 0 Å². The number of para-hydroxylation sites is 2. The van der Waals surface area contributed by atoms with E-state index in [1.54, 1.807) is 7.11 Å². The summed E-state index contributed by atoms with van der Waals surface area (Å²) in [6, 6.07) is 7.67. The highest BCUT2D eigenvalue weighted by Crippen LogP contribution is 2.28. The lowest BCUT2D eigenvalue weighted by Gasteiger charge is -2.14. The van der Waals surface area contributed by atoms with Crippen LogP contribution in [0.2, 0.25) is 0 Å². The molecule has 0 unspecified atom stereocenters. The van der Waals surface area contributed by atoms with Gasteiger partial charge in [-0.05, 0) is 12.1 Å². The molecule has 2 rings (SSSR count). The van der Waals surface area contributed by atoms with Gasteiger partial charge in [0.05, 0.1) is 20.3 Å². The maximum atomic E-state index is 5.75. The van der Waals surface area contributed by atoms with Crippen LogP contribution in [0, 0.1) is 0 Å². The van der Waals surface area contributed by atoms with Crippen molar-refractivity contribution >= 4 is 0 Å². The van der Waals surface area contributed by atoms with Crippen LogP contribution >= 0.6 is 0 Å². The first-order chi connectivity index (χ1) is 6.90. The summed E-state index contributed by atoms with van der Waals surface area (Å²) in [6.07, 6.45) is 1.13. The molecule has 0 N–H and O–H groups in total. The van der Waals surface area contributed by atoms with E-state index in [9.17, 15) is 0 Å². The third-order valence-corrected chi connectivity index (χ3v) is 2.25. The SMILES string of the molecule is COc1ccccc1O[C@@H]1CCOC1. The van der Waals surface area contributed by atoms with Crippen LogP contribution in [0.25, 0.3) is 0 Å². The quantitative estimate of drug-likeness (QED) is 0.735. The molecule has 0 bridgehead atoms. The van der Waals surface area contributed by atoms with E-state index in [0.29, 0.717) is 6.61 Å². The fourth-order valence-corrected chi connectivity index (χ4v) is 1.50. The number of hydrogen-bond donors (Lipinski definition) is 0. The molecule has 0 saturated carbocycles. The standard InChI is InChI=1S/C11H14O3/c1-12-10-4-2-3-5-11(10)14-9-6-7-13-8-9/h2-5,9H,6-8H2,1H3/t9-/m1/s1. The predicted octanol–water partition coefficient (Wildman–Crippen LogP) is 1.86. The van der Waals surface area contributed by atoms with Crippen molar-refractivity contribution in [2.45, 2.75) is 12.5 Å². The first-order valence-corrected chi connectivity index (χ1v) is 4.77. The lowest BCUT2D eigenvalue weighted by atomic mass is 10.3. The Balaban J connectivity index is 2.07. The number of methoxy groups -OCH3 is 1. The van der Waals surface area contributed by atoms with Gasteiger partial charge in [-0.2, -0.15) is 0 Å². The number of rotatable bonds is 3. The fourth-order valence-electron chi connectivity index (χ4n) is 1.50. The van der Waals surface area contributed by atoms with Crippen LogP contribution in [-0.2, 0) is 4.74 Å². The highest BCUT2D eigenvalue weighted by molar-refractivity contribution is 5.39. The molecule has 0 aliphatic carbocycles. The van der Waals surface area contributed by atoms with Crippen molar-refractivity contribution < 1.29 is 14.2 Å². The topological polar surface area (TPSA) is 27.7 Å². The maximum absolute atomic E-state index is 5.75. The Morgan fingerprint density at radius 2 is 2.07 bits per heavy atom. The second-order valence-electron chi connectivity index (χ2n) is 3.25. The Hall–Kier alpha value is -1.22. The van der Waals surface area contributed by atoms with Crippen LogP contribution in [0.4, 0.5) is 0 Å². The summed E-state index contributed by atoms with van der Waals surface area (Å²) in [5, 5.41) is 0. The van der Waals surface area contributed by atoms with Gasteiger partial charge in [-0.25, -0.2) is 0 Å². The van der Waals surface area contributed by atoms with Crippen molar-refractivity contribution in [3.63, 3.8) is 0 Å². The first kappa shape index (κ1) is 9.34. The van der Waals surface area contributed by atoms with Gasteiger partial charge in [0.1, 0.15) is 6.10 Å². The molecule has 1 heterocycles. The molecule has 0 amide bonds. The van der Waals surface area contributed by atoms with E-state index >= 15 is 0 Å². The van der Waals surface area contributed by atoms with Gasteiger partial charge in [0, 0.05) is 6.42 Å². The molecule has 14 heavy (non-hydrogen) atoms. The smallest absolute Gasteiger partial charge is 0.161 e. The van der Waals surface area contributed by atoms with Gasteiger partial charge in [-0.1, -0.05) is 12.1 Å². The largest absolute Gasteiger partial charge is 0.493 e. The maximum Gasteiger partial charge on any atom is 0.161 e. The van der Waals surface area contributed by atoms with Gasteiger partial charge in [0.15, 0.2) is 11.5 Å². The lowest BCUT2D eigenvalue weighted by Crippen LogP contribution is -2.16. The third kappa shape index (κ3) is 1.99. The Morgan fingerprint density at radius 1 is 1.29 bits per heavy atom. The average Bonchev–Trinajstić information content (AvgIpc) is 2.71. The predicted molar refractivity (Wildman–Crippen MR) is 52.8 cm³/mol. The van der Waals surface area contributed by atoms with Crippen molar-refractivity contribution in [1.82, 2.24) is 0 Å². The second kappa shape index (κ2) is 4.33. The number of ether oxygens (including phenoxy) is 3. The molecular formula is C11H14O3. The van der Waals surface area contributed by atoms with E-state index in [0.717, 1.165) is 24.5 Å². The van der Waals surface area contributed by atoms with Crippen molar-refractivity contribution in [3.05, 3.63) is 24.3 Å². The summed E-state index contributed by atoms with van der Waals surface area (Å²) in [5.74, 6) is 1.57. The molecule has 0 spiro atoms. The highest BCUT2D eigenvalue weighted by atomic mass is 16.6. The highest BCUT2D eigenvalue weighted by Gasteiger charge is 2.18. The molecule has 1 atom stereocenters. The Bertz CT molecular complexity index is 292. The molecule has 3 heteroatoms. The lowest BCUT2D eigenvalue weighted by molar-refractivity contribution is 0.138. The second-order valence-corrected chi connectivity index (χ2v) is 3.25. The zero-order valence-electron chi connectivity index (χ0n) is 8.23. The van der Waals surface area contributed by atoms with Crippen LogP contribution in [0.1, 0.15) is 6.42 Å². The molecule has 1 aromatic rings. The van der Waals surface area contributed by atoms with Gasteiger partial charge < -0.3 is 14.2 Å². The Labute approximate surface area is 83.6 Å². The zero-order chi connectivity index (χ0) is 9.80. The summed E-state index contributed by atoms with van der Waals surface area (Å²) < 4.78 is 16.2. The number of hydrogen-bond acceptors (Lipinski definition) is 3.